The topological polar surface area (TPSA) is 35.6 Å². The van der Waals surface area contributed by atoms with E-state index in [2.05, 4.69) is 39.1 Å². The zero-order valence-electron chi connectivity index (χ0n) is 8.81. The molecule has 0 amide bonds. The van der Waals surface area contributed by atoms with Gasteiger partial charge in [0.25, 0.3) is 0 Å². The van der Waals surface area contributed by atoms with E-state index in [-0.39, 0.29) is 0 Å². The van der Waals surface area contributed by atoms with Crippen LogP contribution in [0.25, 0.3) is 0 Å². The average molecular weight is 269 g/mol. The summed E-state index contributed by atoms with van der Waals surface area (Å²) in [6, 6.07) is 2.10. The Morgan fingerprint density at radius 2 is 2.27 bits per heavy atom. The highest BCUT2D eigenvalue weighted by Gasteiger charge is 2.05. The van der Waals surface area contributed by atoms with Gasteiger partial charge in [0, 0.05) is 12.7 Å². The van der Waals surface area contributed by atoms with E-state index in [0.29, 0.717) is 0 Å². The molecule has 2 aromatic rings. The van der Waals surface area contributed by atoms with Crippen LogP contribution in [0.5, 0.6) is 0 Å². The van der Waals surface area contributed by atoms with Crippen molar-refractivity contribution in [2.45, 2.75) is 26.9 Å². The summed E-state index contributed by atoms with van der Waals surface area (Å²) in [5.74, 6) is 0. The number of aromatic nitrogens is 4. The van der Waals surface area contributed by atoms with Crippen LogP contribution >= 0.6 is 15.9 Å². The molecule has 5 heteroatoms. The van der Waals surface area contributed by atoms with Crippen molar-refractivity contribution in [1.82, 2.24) is 19.6 Å². The van der Waals surface area contributed by atoms with E-state index in [4.69, 9.17) is 0 Å². The van der Waals surface area contributed by atoms with E-state index < -0.39 is 0 Å². The number of hydrogen-bond acceptors (Lipinski definition) is 2. The highest BCUT2D eigenvalue weighted by molar-refractivity contribution is 9.10. The number of hydrogen-bond donors (Lipinski definition) is 0. The molecule has 80 valence electrons. The lowest BCUT2D eigenvalue weighted by Gasteiger charge is -2.04. The Morgan fingerprint density at radius 1 is 1.47 bits per heavy atom. The second-order valence-electron chi connectivity index (χ2n) is 3.45. The summed E-state index contributed by atoms with van der Waals surface area (Å²) in [5.41, 5.74) is 2.24. The van der Waals surface area contributed by atoms with Crippen LogP contribution in [0.1, 0.15) is 18.3 Å². The summed E-state index contributed by atoms with van der Waals surface area (Å²) >= 11 is 3.38. The quantitative estimate of drug-likeness (QED) is 0.856. The Bertz CT molecular complexity index is 458. The van der Waals surface area contributed by atoms with Crippen LogP contribution < -0.4 is 0 Å². The highest BCUT2D eigenvalue weighted by atomic mass is 79.9. The van der Waals surface area contributed by atoms with E-state index in [1.807, 2.05) is 22.5 Å². The van der Waals surface area contributed by atoms with Gasteiger partial charge in [-0.1, -0.05) is 0 Å². The fourth-order valence-electron chi connectivity index (χ4n) is 1.59. The van der Waals surface area contributed by atoms with Gasteiger partial charge in [-0.15, -0.1) is 0 Å². The fourth-order valence-corrected chi connectivity index (χ4v) is 1.92. The van der Waals surface area contributed by atoms with Crippen LogP contribution in [0.3, 0.4) is 0 Å². The summed E-state index contributed by atoms with van der Waals surface area (Å²) in [6.07, 6.45) is 3.75. The molecule has 0 saturated carbocycles. The van der Waals surface area contributed by atoms with Gasteiger partial charge in [-0.3, -0.25) is 9.36 Å². The maximum absolute atomic E-state index is 4.40. The zero-order valence-corrected chi connectivity index (χ0v) is 10.4. The van der Waals surface area contributed by atoms with Gasteiger partial charge in [0.1, 0.15) is 0 Å². The Hall–Kier alpha value is -1.10. The summed E-state index contributed by atoms with van der Waals surface area (Å²) in [6.45, 7) is 5.76. The SMILES string of the molecule is CCn1nc(C)cc1Cn1cc(Br)cn1. The van der Waals surface area contributed by atoms with Gasteiger partial charge in [-0.2, -0.15) is 10.2 Å². The second kappa shape index (κ2) is 4.18. The first-order valence-corrected chi connectivity index (χ1v) is 5.69. The maximum atomic E-state index is 4.40. The maximum Gasteiger partial charge on any atom is 0.0828 e. The molecule has 0 aliphatic rings. The van der Waals surface area contributed by atoms with Crippen LogP contribution in [0.15, 0.2) is 22.9 Å². The molecule has 0 aliphatic carbocycles. The molecule has 0 atom stereocenters. The monoisotopic (exact) mass is 268 g/mol. The Labute approximate surface area is 97.0 Å². The standard InChI is InChI=1S/C10H13BrN4/c1-3-15-10(4-8(2)13-15)7-14-6-9(11)5-12-14/h4-6H,3,7H2,1-2H3. The third-order valence-corrected chi connectivity index (χ3v) is 2.62. The molecule has 0 aliphatic heterocycles. The van der Waals surface area contributed by atoms with Gasteiger partial charge in [-0.05, 0) is 35.8 Å². The minimum Gasteiger partial charge on any atom is -0.268 e. The molecule has 0 bridgehead atoms. The van der Waals surface area contributed by atoms with Crippen molar-refractivity contribution in [3.05, 3.63) is 34.3 Å². The van der Waals surface area contributed by atoms with Crippen molar-refractivity contribution in [1.29, 1.82) is 0 Å². The molecule has 0 aromatic carbocycles. The number of halogens is 1. The van der Waals surface area contributed by atoms with E-state index >= 15 is 0 Å². The van der Waals surface area contributed by atoms with Crippen LogP contribution in [0.2, 0.25) is 0 Å². The molecule has 0 unspecified atom stereocenters. The lowest BCUT2D eigenvalue weighted by Crippen LogP contribution is -2.08. The Balaban J connectivity index is 2.23. The van der Waals surface area contributed by atoms with Gasteiger partial charge >= 0.3 is 0 Å². The van der Waals surface area contributed by atoms with Gasteiger partial charge in [0.15, 0.2) is 0 Å². The van der Waals surface area contributed by atoms with Gasteiger partial charge in [-0.25, -0.2) is 0 Å². The predicted octanol–water partition coefficient (Wildman–Crippen LogP) is 2.22. The molecule has 2 rings (SSSR count). The molecule has 15 heavy (non-hydrogen) atoms. The van der Waals surface area contributed by atoms with Crippen LogP contribution in [-0.2, 0) is 13.1 Å². The molecule has 0 spiro atoms. The Kier molecular flexibility index (Phi) is 2.90. The summed E-state index contributed by atoms with van der Waals surface area (Å²) in [4.78, 5) is 0. The van der Waals surface area contributed by atoms with Gasteiger partial charge in [0.2, 0.25) is 0 Å². The number of aryl methyl sites for hydroxylation is 2. The first-order chi connectivity index (χ1) is 7.19. The highest BCUT2D eigenvalue weighted by Crippen LogP contribution is 2.10. The third kappa shape index (κ3) is 2.28. The van der Waals surface area contributed by atoms with E-state index in [1.54, 1.807) is 6.20 Å². The lowest BCUT2D eigenvalue weighted by atomic mass is 10.3. The molecule has 0 N–H and O–H groups in total. The van der Waals surface area contributed by atoms with Crippen molar-refractivity contribution in [3.8, 4) is 0 Å². The van der Waals surface area contributed by atoms with Crippen LogP contribution in [0, 0.1) is 6.92 Å². The normalized spacial score (nSPS) is 10.9. The first-order valence-electron chi connectivity index (χ1n) is 4.90. The van der Waals surface area contributed by atoms with Crippen molar-refractivity contribution in [3.63, 3.8) is 0 Å². The molecular formula is C10H13BrN4. The third-order valence-electron chi connectivity index (χ3n) is 2.21. The molecule has 0 fully saturated rings. The molecule has 2 aromatic heterocycles. The van der Waals surface area contributed by atoms with E-state index in [1.165, 1.54) is 5.69 Å². The van der Waals surface area contributed by atoms with Crippen molar-refractivity contribution in [2.24, 2.45) is 0 Å². The van der Waals surface area contributed by atoms with Gasteiger partial charge in [0.05, 0.1) is 28.6 Å². The van der Waals surface area contributed by atoms with Crippen molar-refractivity contribution in [2.75, 3.05) is 0 Å². The fraction of sp³-hybridized carbons (Fsp3) is 0.400. The number of nitrogens with zero attached hydrogens (tertiary/aromatic N) is 4. The first kappa shape index (κ1) is 10.4. The predicted molar refractivity (Wildman–Crippen MR) is 61.7 cm³/mol. The zero-order chi connectivity index (χ0) is 10.8. The largest absolute Gasteiger partial charge is 0.268 e. The van der Waals surface area contributed by atoms with E-state index in [0.717, 1.165) is 23.3 Å². The molecule has 0 saturated heterocycles. The van der Waals surface area contributed by atoms with Crippen molar-refractivity contribution >= 4 is 15.9 Å². The van der Waals surface area contributed by atoms with Gasteiger partial charge < -0.3 is 0 Å². The summed E-state index contributed by atoms with van der Waals surface area (Å²) < 4.78 is 4.90. The summed E-state index contributed by atoms with van der Waals surface area (Å²) in [5, 5.41) is 8.62. The molecule has 0 radical (unpaired) electrons. The summed E-state index contributed by atoms with van der Waals surface area (Å²) in [7, 11) is 0. The smallest absolute Gasteiger partial charge is 0.0828 e. The molecular weight excluding hydrogens is 256 g/mol. The Morgan fingerprint density at radius 3 is 2.87 bits per heavy atom. The minimum absolute atomic E-state index is 0.764. The molecule has 4 nitrogen and oxygen atoms in total. The minimum atomic E-state index is 0.764. The number of rotatable bonds is 3. The van der Waals surface area contributed by atoms with Crippen LogP contribution in [0.4, 0.5) is 0 Å². The van der Waals surface area contributed by atoms with E-state index in [9.17, 15) is 0 Å². The molecule has 2 heterocycles. The lowest BCUT2D eigenvalue weighted by molar-refractivity contribution is 0.575. The average Bonchev–Trinajstić information content (AvgIpc) is 2.73. The second-order valence-corrected chi connectivity index (χ2v) is 4.36. The van der Waals surface area contributed by atoms with Crippen molar-refractivity contribution < 1.29 is 0 Å². The van der Waals surface area contributed by atoms with Crippen LogP contribution in [-0.4, -0.2) is 19.6 Å².